The number of pyridine rings is 4. The third-order valence-corrected chi connectivity index (χ3v) is 15.1. The summed E-state index contributed by atoms with van der Waals surface area (Å²) in [4.78, 5) is 35.3. The average Bonchev–Trinajstić information content (AvgIpc) is 1.65. The standard InChI is InChI=1S/C21H20N4O.C14H12ClN3.C12H12ClN3.C7H9NO.C6H5Cl2N.C6H8N2.C5H12O3.C5H11O.C2H4O2.Na/c1-14-12-20(23-16-8-10-17(26-3)11-9-16)24-21(13-14)25-15(2)22-18-6-4-5-7-19(18)25;1-9-7-13(15)17-14(8-9)18-10(2)16-11-5-3-4-6-12(11)18;1-8-6-11(13)16-12(7-8)15-10-5-3-2-4-9(10)14;1-9-7-4-2-6(8)3-5-7;1-4-2-5(7)9-6(8)3-4;7-5-3-1-2-4-6(5)8;1-5(6-2,7-3)8-4;1-4-5(2,3)6;1-2(3)4;/h4-13H,1-3H3,(H,23,24);3-8H,1-2H3;2-7H,14H2,1H3,(H,15,16);2-5H,8H2,1H3;2-3H,1H3;1-4H,7-8H2;1-4H3;4H2,1-3H3;1H3,(H,3,4);/q;;;;;;;-1;;+1. The molecule has 0 saturated heterocycles. The minimum absolute atomic E-state index is 0. The van der Waals surface area contributed by atoms with Crippen molar-refractivity contribution in [2.75, 3.05) is 69.1 Å². The number of imidazole rings is 2. The van der Waals surface area contributed by atoms with Gasteiger partial charge in [-0.3, -0.25) is 13.9 Å². The van der Waals surface area contributed by atoms with E-state index in [4.69, 9.17) is 108 Å². The van der Waals surface area contributed by atoms with Crippen molar-refractivity contribution in [1.82, 2.24) is 39.0 Å². The number of hydrogen-bond donors (Lipinski definition) is 7. The first-order valence-corrected chi connectivity index (χ1v) is 33.8. The van der Waals surface area contributed by atoms with Crippen LogP contribution in [0.5, 0.6) is 11.5 Å². The number of ether oxygens (including phenoxy) is 5. The van der Waals surface area contributed by atoms with E-state index in [9.17, 15) is 5.11 Å². The number of methoxy groups -OCH3 is 5. The van der Waals surface area contributed by atoms with Crippen molar-refractivity contribution in [2.24, 2.45) is 0 Å². The summed E-state index contributed by atoms with van der Waals surface area (Å²) in [6.45, 7) is 20.0. The van der Waals surface area contributed by atoms with Crippen LogP contribution >= 0.6 is 46.4 Å². The largest absolute Gasteiger partial charge is 1.00 e. The SMILES string of the molecule is CC(=O)O.CCC(C)(C)[O-].COC(C)(OC)OC.COc1ccc(N)cc1.COc1ccc(Nc2cc(C)cc(-n3c(C)nc4ccccc43)n2)cc1.Cc1cc(Cl)nc(-n2c(C)nc3ccccc32)c1.Cc1cc(Cl)nc(Cl)c1.Cc1cc(Cl)nc(Nc2ccccc2N)c1.Nc1ccccc1N.[Na+]. The third-order valence-electron chi connectivity index (χ3n) is 14.3. The van der Waals surface area contributed by atoms with Crippen LogP contribution in [0.25, 0.3) is 33.7 Å². The quantitative estimate of drug-likeness (QED) is 0.0259. The zero-order valence-electron chi connectivity index (χ0n) is 62.4. The zero-order valence-corrected chi connectivity index (χ0v) is 67.4. The van der Waals surface area contributed by atoms with E-state index in [1.165, 1.54) is 21.3 Å². The van der Waals surface area contributed by atoms with Crippen LogP contribution in [-0.2, 0) is 19.0 Å². The van der Waals surface area contributed by atoms with Crippen molar-refractivity contribution >= 4 is 120 Å². The van der Waals surface area contributed by atoms with Crippen LogP contribution in [-0.4, -0.2) is 97.2 Å². The van der Waals surface area contributed by atoms with E-state index in [2.05, 4.69) is 59.2 Å². The van der Waals surface area contributed by atoms with E-state index in [0.717, 1.165) is 109 Å². The Morgan fingerprint density at radius 1 is 0.476 bits per heavy atom. The first kappa shape index (κ1) is 89.9. The molecule has 12 aromatic rings. The molecule has 0 spiro atoms. The molecule has 0 bridgehead atoms. The molecule has 0 unspecified atom stereocenters. The number of nitrogens with zero attached hydrogens (tertiary/aromatic N) is 8. The average molecular weight is 1520 g/mol. The second-order valence-electron chi connectivity index (χ2n) is 23.4. The first-order chi connectivity index (χ1) is 49.2. The van der Waals surface area contributed by atoms with Crippen molar-refractivity contribution in [2.45, 2.75) is 94.2 Å². The third kappa shape index (κ3) is 32.3. The molecule has 0 amide bonds. The van der Waals surface area contributed by atoms with Crippen LogP contribution in [0.15, 0.2) is 194 Å². The molecule has 0 radical (unpaired) electrons. The predicted octanol–water partition coefficient (Wildman–Crippen LogP) is 14.9. The summed E-state index contributed by atoms with van der Waals surface area (Å²) < 4.78 is 28.6. The molecule has 22 nitrogen and oxygen atoms in total. The maximum absolute atomic E-state index is 10.5. The maximum Gasteiger partial charge on any atom is 1.00 e. The summed E-state index contributed by atoms with van der Waals surface area (Å²) in [5, 5.41) is 26.2. The number of aliphatic carboxylic acids is 1. The van der Waals surface area contributed by atoms with E-state index in [1.807, 2.05) is 186 Å². The molecule has 0 fully saturated rings. The number of aryl methyl sites for hydroxylation is 6. The van der Waals surface area contributed by atoms with E-state index in [0.29, 0.717) is 49.9 Å². The van der Waals surface area contributed by atoms with Crippen molar-refractivity contribution in [3.63, 3.8) is 0 Å². The van der Waals surface area contributed by atoms with Crippen LogP contribution < -0.4 is 77.7 Å². The van der Waals surface area contributed by atoms with Gasteiger partial charge in [-0.15, -0.1) is 5.60 Å². The number of hydrogen-bond acceptors (Lipinski definition) is 19. The van der Waals surface area contributed by atoms with Gasteiger partial charge in [0.05, 0.1) is 59.0 Å². The Morgan fingerprint density at radius 3 is 1.19 bits per heavy atom. The Bertz CT molecular complexity index is 4490. The molecule has 27 heteroatoms. The molecular formula is C78H93Cl4N14NaO8. The number of carbonyl (C=O) groups is 1. The zero-order chi connectivity index (χ0) is 77.3. The van der Waals surface area contributed by atoms with Gasteiger partial charge in [-0.05, 0) is 209 Å². The summed E-state index contributed by atoms with van der Waals surface area (Å²) in [6, 6.07) is 61.1. The molecule has 11 N–H and O–H groups in total. The number of aromatic nitrogens is 8. The van der Waals surface area contributed by atoms with Crippen molar-refractivity contribution in [1.29, 1.82) is 0 Å². The van der Waals surface area contributed by atoms with E-state index >= 15 is 0 Å². The Kier molecular flexibility index (Phi) is 38.7. The molecule has 6 aromatic heterocycles. The summed E-state index contributed by atoms with van der Waals surface area (Å²) in [5.41, 5.74) is 34.2. The van der Waals surface area contributed by atoms with E-state index in [1.54, 1.807) is 77.5 Å². The second kappa shape index (κ2) is 45.2. The molecule has 0 aliphatic rings. The maximum atomic E-state index is 10.5. The van der Waals surface area contributed by atoms with Gasteiger partial charge in [-0.2, -0.15) is 0 Å². The fraction of sp³-hybridized carbons (Fsp3) is 0.244. The Morgan fingerprint density at radius 2 is 0.819 bits per heavy atom. The molecule has 552 valence electrons. The Balaban J connectivity index is 0.000000324. The van der Waals surface area contributed by atoms with Crippen LogP contribution in [0.4, 0.5) is 45.8 Å². The smallest absolute Gasteiger partial charge is 0.850 e. The fourth-order valence-corrected chi connectivity index (χ4v) is 9.72. The van der Waals surface area contributed by atoms with E-state index < -0.39 is 17.5 Å². The number of rotatable bonds is 12. The van der Waals surface area contributed by atoms with Crippen molar-refractivity contribution in [3.8, 4) is 23.1 Å². The van der Waals surface area contributed by atoms with E-state index in [-0.39, 0.29) is 29.6 Å². The molecule has 0 aliphatic heterocycles. The number of nitrogens with two attached hydrogens (primary N) is 4. The molecule has 0 saturated carbocycles. The van der Waals surface area contributed by atoms with Gasteiger partial charge in [-0.1, -0.05) is 122 Å². The number of nitrogen functional groups attached to an aromatic ring is 4. The van der Waals surface area contributed by atoms with Gasteiger partial charge in [0.15, 0.2) is 0 Å². The number of fused-ring (bicyclic) bond motifs is 2. The van der Waals surface area contributed by atoms with Crippen LogP contribution in [0.1, 0.15) is 74.9 Å². The summed E-state index contributed by atoms with van der Waals surface area (Å²) in [6.07, 6.45) is 0.715. The van der Waals surface area contributed by atoms with Gasteiger partial charge in [0.1, 0.15) is 67.0 Å². The fourth-order valence-electron chi connectivity index (χ4n) is 8.63. The number of carboxylic acids is 1. The van der Waals surface area contributed by atoms with Gasteiger partial charge >= 0.3 is 29.6 Å². The number of nitrogens with one attached hydrogen (secondary N) is 2. The monoisotopic (exact) mass is 1520 g/mol. The topological polar surface area (TPSA) is 322 Å². The molecule has 6 aromatic carbocycles. The first-order valence-electron chi connectivity index (χ1n) is 32.3. The number of anilines is 8. The molecule has 105 heavy (non-hydrogen) atoms. The normalized spacial score (nSPS) is 10.3. The summed E-state index contributed by atoms with van der Waals surface area (Å²) in [7, 11) is 7.85. The van der Waals surface area contributed by atoms with Gasteiger partial charge < -0.3 is 67.5 Å². The predicted molar refractivity (Wildman–Crippen MR) is 425 cm³/mol. The molecule has 0 atom stereocenters. The Hall–Kier alpha value is -9.27. The van der Waals surface area contributed by atoms with Crippen molar-refractivity contribution < 1.29 is 68.2 Å². The molecular weight excluding hydrogens is 1430 g/mol. The number of benzene rings is 6. The van der Waals surface area contributed by atoms with Gasteiger partial charge in [0, 0.05) is 46.6 Å². The summed E-state index contributed by atoms with van der Waals surface area (Å²) in [5.74, 6) is 4.94. The molecule has 6 heterocycles. The minimum atomic E-state index is -0.875. The molecule has 12 rings (SSSR count). The second-order valence-corrected chi connectivity index (χ2v) is 24.9. The van der Waals surface area contributed by atoms with Crippen molar-refractivity contribution in [3.05, 3.63) is 249 Å². The van der Waals surface area contributed by atoms with Crippen LogP contribution in [0.3, 0.4) is 0 Å². The van der Waals surface area contributed by atoms with Gasteiger partial charge in [0.25, 0.3) is 11.9 Å². The molecule has 0 aliphatic carbocycles. The van der Waals surface area contributed by atoms with Crippen LogP contribution in [0, 0.1) is 41.5 Å². The minimum Gasteiger partial charge on any atom is -0.850 e. The number of para-hydroxylation sites is 8. The van der Waals surface area contributed by atoms with Gasteiger partial charge in [0.2, 0.25) is 0 Å². The van der Waals surface area contributed by atoms with Crippen LogP contribution in [0.2, 0.25) is 20.6 Å². The Labute approximate surface area is 657 Å². The number of carboxylic acid groups (broad SMARTS) is 1. The number of halogens is 4. The van der Waals surface area contributed by atoms with Gasteiger partial charge in [-0.25, -0.2) is 29.9 Å². The summed E-state index contributed by atoms with van der Waals surface area (Å²) >= 11 is 23.0.